The Labute approximate surface area is 151 Å². The molecule has 0 radical (unpaired) electrons. The van der Waals surface area contributed by atoms with Crippen LogP contribution < -0.4 is 9.88 Å². The van der Waals surface area contributed by atoms with Crippen LogP contribution in [0.4, 0.5) is 5.00 Å². The lowest BCUT2D eigenvalue weighted by atomic mass is 9.95. The summed E-state index contributed by atoms with van der Waals surface area (Å²) in [6.45, 7) is 2.31. The van der Waals surface area contributed by atoms with Crippen LogP contribution in [0.3, 0.4) is 0 Å². The molecule has 2 heterocycles. The number of amides is 1. The van der Waals surface area contributed by atoms with Gasteiger partial charge in [0, 0.05) is 17.0 Å². The highest BCUT2D eigenvalue weighted by molar-refractivity contribution is 7.17. The van der Waals surface area contributed by atoms with Crippen molar-refractivity contribution in [2.24, 2.45) is 0 Å². The van der Waals surface area contributed by atoms with Crippen molar-refractivity contribution in [2.75, 3.05) is 12.4 Å². The number of aromatic nitrogens is 1. The molecule has 5 nitrogen and oxygen atoms in total. The molecule has 0 saturated carbocycles. The van der Waals surface area contributed by atoms with Gasteiger partial charge >= 0.3 is 5.97 Å². The normalized spacial score (nSPS) is 13.2. The molecule has 132 valence electrons. The summed E-state index contributed by atoms with van der Waals surface area (Å²) in [6.07, 6.45) is 8.81. The number of hydrogen-bond acceptors (Lipinski definition) is 4. The molecular weight excluding hydrogens is 336 g/mol. The van der Waals surface area contributed by atoms with Gasteiger partial charge in [0.15, 0.2) is 12.4 Å². The minimum Gasteiger partial charge on any atom is -0.465 e. The van der Waals surface area contributed by atoms with Crippen molar-refractivity contribution in [3.05, 3.63) is 46.1 Å². The average Bonchev–Trinajstić information content (AvgIpc) is 2.99. The van der Waals surface area contributed by atoms with Crippen molar-refractivity contribution in [3.8, 4) is 0 Å². The lowest BCUT2D eigenvalue weighted by Crippen LogP contribution is -2.39. The molecule has 1 aliphatic carbocycles. The predicted molar refractivity (Wildman–Crippen MR) is 96.9 cm³/mol. The summed E-state index contributed by atoms with van der Waals surface area (Å²) in [5, 5.41) is 3.54. The van der Waals surface area contributed by atoms with Crippen LogP contribution in [0.25, 0.3) is 0 Å². The van der Waals surface area contributed by atoms with Crippen molar-refractivity contribution >= 4 is 28.2 Å². The molecule has 2 aromatic rings. The van der Waals surface area contributed by atoms with E-state index in [1.54, 1.807) is 0 Å². The number of fused-ring (bicyclic) bond motifs is 1. The summed E-state index contributed by atoms with van der Waals surface area (Å²) in [5.41, 5.74) is 2.83. The van der Waals surface area contributed by atoms with Crippen LogP contribution in [-0.2, 0) is 35.3 Å². The molecule has 6 heteroatoms. The van der Waals surface area contributed by atoms with Gasteiger partial charge in [-0.2, -0.15) is 4.57 Å². The van der Waals surface area contributed by atoms with Gasteiger partial charge in [0.25, 0.3) is 5.91 Å². The van der Waals surface area contributed by atoms with E-state index in [0.717, 1.165) is 37.7 Å². The van der Waals surface area contributed by atoms with E-state index in [1.807, 2.05) is 29.1 Å². The number of carbonyl (C=O) groups is 2. The van der Waals surface area contributed by atoms with Gasteiger partial charge < -0.3 is 10.1 Å². The number of hydrogen-bond donors (Lipinski definition) is 1. The van der Waals surface area contributed by atoms with Crippen LogP contribution >= 0.6 is 11.3 Å². The number of anilines is 1. The first-order valence-corrected chi connectivity index (χ1v) is 9.44. The lowest BCUT2D eigenvalue weighted by Gasteiger charge is -2.11. The van der Waals surface area contributed by atoms with Crippen molar-refractivity contribution in [1.29, 1.82) is 0 Å². The third kappa shape index (κ3) is 3.90. The quantitative estimate of drug-likeness (QED) is 0.660. The smallest absolute Gasteiger partial charge is 0.341 e. The Morgan fingerprint density at radius 3 is 2.64 bits per heavy atom. The van der Waals surface area contributed by atoms with Crippen LogP contribution in [0.2, 0.25) is 0 Å². The molecule has 0 aromatic carbocycles. The molecular formula is C19H23N2O3S+. The molecule has 0 saturated heterocycles. The Kier molecular flexibility index (Phi) is 5.48. The fourth-order valence-electron chi connectivity index (χ4n) is 3.13. The second kappa shape index (κ2) is 7.78. The number of nitrogens with zero attached hydrogens (tertiary/aromatic N) is 1. The minimum absolute atomic E-state index is 0.141. The van der Waals surface area contributed by atoms with Gasteiger partial charge in [-0.3, -0.25) is 4.79 Å². The third-order valence-electron chi connectivity index (χ3n) is 4.51. The predicted octanol–water partition coefficient (Wildman–Crippen LogP) is 2.90. The average molecular weight is 359 g/mol. The van der Waals surface area contributed by atoms with Gasteiger partial charge in [0.2, 0.25) is 6.54 Å². The van der Waals surface area contributed by atoms with Gasteiger partial charge in [-0.05, 0) is 43.2 Å². The fraction of sp³-hybridized carbons (Fsp3) is 0.421. The molecule has 2 aromatic heterocycles. The van der Waals surface area contributed by atoms with Gasteiger partial charge in [0.05, 0.1) is 12.7 Å². The molecule has 3 rings (SSSR count). The Morgan fingerprint density at radius 1 is 1.24 bits per heavy atom. The highest BCUT2D eigenvalue weighted by atomic mass is 32.1. The van der Waals surface area contributed by atoms with Crippen LogP contribution in [0.15, 0.2) is 24.5 Å². The zero-order valence-corrected chi connectivity index (χ0v) is 15.4. The largest absolute Gasteiger partial charge is 0.465 e. The van der Waals surface area contributed by atoms with Crippen LogP contribution in [-0.4, -0.2) is 19.0 Å². The number of esters is 1. The van der Waals surface area contributed by atoms with E-state index in [1.165, 1.54) is 28.9 Å². The molecule has 1 aliphatic rings. The topological polar surface area (TPSA) is 59.3 Å². The second-order valence-electron chi connectivity index (χ2n) is 6.19. The molecule has 25 heavy (non-hydrogen) atoms. The van der Waals surface area contributed by atoms with E-state index >= 15 is 0 Å². The number of pyridine rings is 1. The summed E-state index contributed by atoms with van der Waals surface area (Å²) < 4.78 is 6.77. The van der Waals surface area contributed by atoms with Crippen LogP contribution in [0, 0.1) is 0 Å². The van der Waals surface area contributed by atoms with E-state index < -0.39 is 0 Å². The van der Waals surface area contributed by atoms with Gasteiger partial charge in [-0.15, -0.1) is 11.3 Å². The number of nitrogens with one attached hydrogen (secondary N) is 1. The first-order chi connectivity index (χ1) is 12.1. The molecule has 0 spiro atoms. The standard InChI is InChI=1S/C19H22N2O3S/c1-3-13-8-10-21(11-9-13)12-16(22)20-18-17(19(23)24-2)14-6-4-5-7-15(14)25-18/h8-11H,3-7,12H2,1-2H3/p+1. The number of thiophene rings is 1. The van der Waals surface area contributed by atoms with Gasteiger partial charge in [0.1, 0.15) is 5.00 Å². The summed E-state index contributed by atoms with van der Waals surface area (Å²) in [7, 11) is 1.38. The van der Waals surface area contributed by atoms with E-state index in [2.05, 4.69) is 12.2 Å². The molecule has 1 N–H and O–H groups in total. The van der Waals surface area contributed by atoms with Gasteiger partial charge in [-0.25, -0.2) is 4.79 Å². The van der Waals surface area contributed by atoms with Crippen molar-refractivity contribution in [1.82, 2.24) is 0 Å². The highest BCUT2D eigenvalue weighted by Crippen LogP contribution is 2.38. The molecule has 0 atom stereocenters. The summed E-state index contributed by atoms with van der Waals surface area (Å²) in [4.78, 5) is 25.8. The molecule has 0 aliphatic heterocycles. The number of rotatable bonds is 5. The van der Waals surface area contributed by atoms with E-state index in [-0.39, 0.29) is 18.4 Å². The molecule has 0 unspecified atom stereocenters. The molecule has 0 bridgehead atoms. The fourth-order valence-corrected chi connectivity index (χ4v) is 4.43. The highest BCUT2D eigenvalue weighted by Gasteiger charge is 2.27. The zero-order chi connectivity index (χ0) is 17.8. The summed E-state index contributed by atoms with van der Waals surface area (Å²) >= 11 is 1.51. The number of aryl methyl sites for hydroxylation is 2. The first kappa shape index (κ1) is 17.6. The summed E-state index contributed by atoms with van der Waals surface area (Å²) in [5.74, 6) is -0.507. The third-order valence-corrected chi connectivity index (χ3v) is 5.72. The maximum Gasteiger partial charge on any atom is 0.341 e. The number of carbonyl (C=O) groups excluding carboxylic acids is 2. The van der Waals surface area contributed by atoms with Crippen molar-refractivity contribution < 1.29 is 18.9 Å². The van der Waals surface area contributed by atoms with E-state index in [0.29, 0.717) is 10.6 Å². The lowest BCUT2D eigenvalue weighted by molar-refractivity contribution is -0.684. The SMILES string of the molecule is CCc1cc[n+](CC(=O)Nc2sc3c(c2C(=O)OC)CCCC3)cc1. The Bertz CT molecular complexity index is 781. The Balaban J connectivity index is 1.78. The minimum atomic E-state index is -0.366. The molecule has 0 fully saturated rings. The first-order valence-electron chi connectivity index (χ1n) is 8.63. The maximum absolute atomic E-state index is 12.4. The van der Waals surface area contributed by atoms with Crippen molar-refractivity contribution in [3.63, 3.8) is 0 Å². The Morgan fingerprint density at radius 2 is 1.96 bits per heavy atom. The van der Waals surface area contributed by atoms with Crippen LogP contribution in [0.5, 0.6) is 0 Å². The summed E-state index contributed by atoms with van der Waals surface area (Å²) in [6, 6.07) is 4.02. The zero-order valence-electron chi connectivity index (χ0n) is 14.6. The Hall–Kier alpha value is -2.21. The number of methoxy groups -OCH3 is 1. The van der Waals surface area contributed by atoms with Gasteiger partial charge in [-0.1, -0.05) is 6.92 Å². The maximum atomic E-state index is 12.4. The molecule has 1 amide bonds. The number of ether oxygens (including phenoxy) is 1. The van der Waals surface area contributed by atoms with E-state index in [9.17, 15) is 9.59 Å². The van der Waals surface area contributed by atoms with Crippen LogP contribution in [0.1, 0.15) is 46.1 Å². The van der Waals surface area contributed by atoms with Crippen molar-refractivity contribution in [2.45, 2.75) is 45.6 Å². The van der Waals surface area contributed by atoms with E-state index in [4.69, 9.17) is 4.74 Å². The second-order valence-corrected chi connectivity index (χ2v) is 7.29. The monoisotopic (exact) mass is 359 g/mol.